The van der Waals surface area contributed by atoms with E-state index in [-0.39, 0.29) is 30.8 Å². The van der Waals surface area contributed by atoms with Gasteiger partial charge < -0.3 is 14.4 Å². The molecule has 0 spiro atoms. The maximum absolute atomic E-state index is 14.8. The first-order valence-electron chi connectivity index (χ1n) is 11.6. The number of benzene rings is 1. The van der Waals surface area contributed by atoms with Gasteiger partial charge in [0.05, 0.1) is 43.1 Å². The fourth-order valence-corrected chi connectivity index (χ4v) is 5.83. The summed E-state index contributed by atoms with van der Waals surface area (Å²) < 4.78 is 25.6. The number of rotatable bonds is 4. The van der Waals surface area contributed by atoms with E-state index in [1.54, 1.807) is 12.1 Å². The fraction of sp³-hybridized carbons (Fsp3) is 0.625. The molecule has 1 aromatic rings. The minimum atomic E-state index is -0.656. The highest BCUT2D eigenvalue weighted by Crippen LogP contribution is 2.60. The van der Waals surface area contributed by atoms with Gasteiger partial charge in [-0.1, -0.05) is 20.8 Å². The summed E-state index contributed by atoms with van der Waals surface area (Å²) in [5, 5.41) is 0. The largest absolute Gasteiger partial charge is 0.442 e. The molecular formula is C24H30FN3O5. The zero-order chi connectivity index (χ0) is 23.5. The average Bonchev–Trinajstić information content (AvgIpc) is 3.24. The molecule has 2 unspecified atom stereocenters. The molecule has 33 heavy (non-hydrogen) atoms. The SMILES string of the molecule is CC12CCC(C(=O)N(C[C@H]3CN(c4ccc(N5CCOCC5)c(F)c4)C(=O)O3)C1=O)C2(C)C. The van der Waals surface area contributed by atoms with Crippen molar-refractivity contribution in [2.24, 2.45) is 16.7 Å². The molecule has 4 aliphatic rings. The number of halogens is 1. The molecule has 0 N–H and O–H groups in total. The third-order valence-electron chi connectivity index (χ3n) is 8.36. The summed E-state index contributed by atoms with van der Waals surface area (Å²) in [4.78, 5) is 43.5. The summed E-state index contributed by atoms with van der Waals surface area (Å²) >= 11 is 0. The Morgan fingerprint density at radius 2 is 1.85 bits per heavy atom. The van der Waals surface area contributed by atoms with Crippen LogP contribution in [0.15, 0.2) is 18.2 Å². The van der Waals surface area contributed by atoms with Gasteiger partial charge in [0.25, 0.3) is 0 Å². The lowest BCUT2D eigenvalue weighted by Gasteiger charge is -2.47. The average molecular weight is 460 g/mol. The minimum absolute atomic E-state index is 0.0242. The number of fused-ring (bicyclic) bond motifs is 2. The molecule has 3 amide bonds. The number of cyclic esters (lactones) is 1. The lowest BCUT2D eigenvalue weighted by atomic mass is 9.62. The van der Waals surface area contributed by atoms with E-state index in [1.165, 1.54) is 15.9 Å². The van der Waals surface area contributed by atoms with Crippen molar-refractivity contribution in [2.45, 2.75) is 39.7 Å². The van der Waals surface area contributed by atoms with Gasteiger partial charge in [-0.05, 0) is 36.5 Å². The smallest absolute Gasteiger partial charge is 0.414 e. The Labute approximate surface area is 192 Å². The van der Waals surface area contributed by atoms with Gasteiger partial charge in [-0.25, -0.2) is 9.18 Å². The molecule has 0 radical (unpaired) electrons. The molecule has 3 heterocycles. The standard InChI is InChI=1S/C24H30FN3O5/c1-23(2)17-6-7-24(23,3)21(30)28(20(17)29)14-16-13-27(22(31)33-16)15-4-5-19(18(25)12-15)26-8-10-32-11-9-26/h4-5,12,16-17H,6-11,13-14H2,1-3H3/t16-,17?,24?/m1/s1. The number of hydrogen-bond acceptors (Lipinski definition) is 6. The van der Waals surface area contributed by atoms with Crippen molar-refractivity contribution in [1.29, 1.82) is 0 Å². The van der Waals surface area contributed by atoms with E-state index in [0.29, 0.717) is 50.5 Å². The normalized spacial score (nSPS) is 31.4. The first-order valence-corrected chi connectivity index (χ1v) is 11.6. The van der Waals surface area contributed by atoms with Gasteiger partial charge in [-0.15, -0.1) is 0 Å². The molecule has 1 saturated carbocycles. The van der Waals surface area contributed by atoms with E-state index in [9.17, 15) is 18.8 Å². The number of hydrogen-bond donors (Lipinski definition) is 0. The van der Waals surface area contributed by atoms with E-state index in [2.05, 4.69) is 0 Å². The molecule has 2 bridgehead atoms. The molecule has 3 atom stereocenters. The van der Waals surface area contributed by atoms with Gasteiger partial charge in [0.2, 0.25) is 11.8 Å². The van der Waals surface area contributed by atoms with Crippen molar-refractivity contribution < 1.29 is 28.2 Å². The van der Waals surface area contributed by atoms with Crippen molar-refractivity contribution in [2.75, 3.05) is 49.2 Å². The van der Waals surface area contributed by atoms with Crippen LogP contribution in [0, 0.1) is 22.6 Å². The third-order valence-corrected chi connectivity index (χ3v) is 8.36. The molecule has 0 aromatic heterocycles. The highest BCUT2D eigenvalue weighted by molar-refractivity contribution is 6.04. The number of carbonyl (C=O) groups excluding carboxylic acids is 3. The van der Waals surface area contributed by atoms with Crippen LogP contribution in [0.1, 0.15) is 33.6 Å². The number of anilines is 2. The minimum Gasteiger partial charge on any atom is -0.442 e. The summed E-state index contributed by atoms with van der Waals surface area (Å²) in [6, 6.07) is 4.68. The van der Waals surface area contributed by atoms with Gasteiger partial charge in [0.15, 0.2) is 0 Å². The second-order valence-electron chi connectivity index (χ2n) is 10.3. The van der Waals surface area contributed by atoms with Crippen molar-refractivity contribution in [3.8, 4) is 0 Å². The second kappa shape index (κ2) is 7.68. The number of piperidine rings is 1. The quantitative estimate of drug-likeness (QED) is 0.645. The Morgan fingerprint density at radius 3 is 2.55 bits per heavy atom. The van der Waals surface area contributed by atoms with E-state index in [4.69, 9.17) is 9.47 Å². The topological polar surface area (TPSA) is 79.4 Å². The molecule has 1 aliphatic carbocycles. The van der Waals surface area contributed by atoms with Gasteiger partial charge in [-0.2, -0.15) is 0 Å². The molecule has 178 valence electrons. The second-order valence-corrected chi connectivity index (χ2v) is 10.3. The van der Waals surface area contributed by atoms with Gasteiger partial charge in [0.1, 0.15) is 11.9 Å². The Kier molecular flexibility index (Phi) is 5.15. The van der Waals surface area contributed by atoms with Crippen LogP contribution in [0.3, 0.4) is 0 Å². The maximum atomic E-state index is 14.8. The van der Waals surface area contributed by atoms with Gasteiger partial charge in [0, 0.05) is 19.0 Å². The van der Waals surface area contributed by atoms with Crippen LogP contribution < -0.4 is 9.80 Å². The molecule has 3 saturated heterocycles. The lowest BCUT2D eigenvalue weighted by molar-refractivity contribution is -0.169. The Bertz CT molecular complexity index is 1010. The van der Waals surface area contributed by atoms with E-state index in [1.807, 2.05) is 25.7 Å². The van der Waals surface area contributed by atoms with Crippen LogP contribution in [0.25, 0.3) is 0 Å². The molecule has 5 rings (SSSR count). The zero-order valence-electron chi connectivity index (χ0n) is 19.3. The summed E-state index contributed by atoms with van der Waals surface area (Å²) in [6.07, 6.45) is 0.106. The summed E-state index contributed by atoms with van der Waals surface area (Å²) in [5.74, 6) is -1.01. The summed E-state index contributed by atoms with van der Waals surface area (Å²) in [6.45, 7) is 8.40. The summed E-state index contributed by atoms with van der Waals surface area (Å²) in [7, 11) is 0. The van der Waals surface area contributed by atoms with Crippen LogP contribution >= 0.6 is 0 Å². The number of imide groups is 1. The number of nitrogens with zero attached hydrogens (tertiary/aromatic N) is 3. The van der Waals surface area contributed by atoms with Crippen molar-refractivity contribution in [3.63, 3.8) is 0 Å². The van der Waals surface area contributed by atoms with Crippen molar-refractivity contribution >= 4 is 29.3 Å². The molecule has 4 fully saturated rings. The number of ether oxygens (including phenoxy) is 2. The highest BCUT2D eigenvalue weighted by Gasteiger charge is 2.64. The zero-order valence-corrected chi connectivity index (χ0v) is 19.3. The van der Waals surface area contributed by atoms with E-state index in [0.717, 1.165) is 0 Å². The van der Waals surface area contributed by atoms with Crippen molar-refractivity contribution in [1.82, 2.24) is 4.90 Å². The summed E-state index contributed by atoms with van der Waals surface area (Å²) in [5.41, 5.74) is -0.134. The Hall–Kier alpha value is -2.68. The molecule has 1 aromatic carbocycles. The Balaban J connectivity index is 1.30. The maximum Gasteiger partial charge on any atom is 0.414 e. The fourth-order valence-electron chi connectivity index (χ4n) is 5.83. The lowest BCUT2D eigenvalue weighted by Crippen LogP contribution is -2.60. The molecular weight excluding hydrogens is 429 g/mol. The monoisotopic (exact) mass is 459 g/mol. The van der Waals surface area contributed by atoms with Crippen LogP contribution in [0.4, 0.5) is 20.6 Å². The van der Waals surface area contributed by atoms with Crippen molar-refractivity contribution in [3.05, 3.63) is 24.0 Å². The number of amides is 3. The molecule has 9 heteroatoms. The van der Waals surface area contributed by atoms with E-state index < -0.39 is 28.8 Å². The Morgan fingerprint density at radius 1 is 1.12 bits per heavy atom. The number of morpholine rings is 1. The van der Waals surface area contributed by atoms with Crippen LogP contribution in [-0.4, -0.2) is 68.3 Å². The third kappa shape index (κ3) is 3.31. The van der Waals surface area contributed by atoms with Crippen LogP contribution in [-0.2, 0) is 19.1 Å². The number of likely N-dealkylation sites (tertiary alicyclic amines) is 1. The first kappa shape index (κ1) is 22.1. The highest BCUT2D eigenvalue weighted by atomic mass is 19.1. The molecule has 3 aliphatic heterocycles. The van der Waals surface area contributed by atoms with Crippen LogP contribution in [0.2, 0.25) is 0 Å². The first-order chi connectivity index (χ1) is 15.6. The number of carbonyl (C=O) groups is 3. The van der Waals surface area contributed by atoms with Crippen LogP contribution in [0.5, 0.6) is 0 Å². The molecule has 8 nitrogen and oxygen atoms in total. The van der Waals surface area contributed by atoms with Gasteiger partial charge in [-0.3, -0.25) is 19.4 Å². The predicted molar refractivity (Wildman–Crippen MR) is 118 cm³/mol. The predicted octanol–water partition coefficient (Wildman–Crippen LogP) is 2.80. The van der Waals surface area contributed by atoms with E-state index >= 15 is 0 Å². The van der Waals surface area contributed by atoms with Gasteiger partial charge >= 0.3 is 6.09 Å².